The number of likely N-dealkylation sites (N-methyl/N-ethyl adjacent to an activating group) is 2. The second-order valence-corrected chi connectivity index (χ2v) is 6.19. The van der Waals surface area contributed by atoms with Crippen LogP contribution in [-0.4, -0.2) is 128 Å². The summed E-state index contributed by atoms with van der Waals surface area (Å²) in [5.74, 6) is -0.846. The maximum Gasteiger partial charge on any atom is 0.305 e. The molecule has 0 saturated carbocycles. The number of carboxylic acid groups (broad SMARTS) is 1. The van der Waals surface area contributed by atoms with Gasteiger partial charge in [0.05, 0.1) is 65.9 Å². The molecule has 162 valence electrons. The molecule has 0 unspecified atom stereocenters. The van der Waals surface area contributed by atoms with E-state index in [9.17, 15) is 4.79 Å². The summed E-state index contributed by atoms with van der Waals surface area (Å²) >= 11 is 0. The van der Waals surface area contributed by atoms with E-state index in [2.05, 4.69) is 23.9 Å². The van der Waals surface area contributed by atoms with Crippen molar-refractivity contribution in [2.75, 3.05) is 107 Å². The normalized spacial score (nSPS) is 11.6. The van der Waals surface area contributed by atoms with Gasteiger partial charge in [0, 0.05) is 33.3 Å². The molecule has 9 nitrogen and oxygen atoms in total. The van der Waals surface area contributed by atoms with Crippen LogP contribution in [0.25, 0.3) is 0 Å². The first-order valence-electron chi connectivity index (χ1n) is 9.45. The van der Waals surface area contributed by atoms with E-state index in [-0.39, 0.29) is 13.0 Å². The highest BCUT2D eigenvalue weighted by Crippen LogP contribution is 1.90. The third kappa shape index (κ3) is 21.3. The molecule has 0 rings (SSSR count). The van der Waals surface area contributed by atoms with Gasteiger partial charge in [-0.25, -0.2) is 0 Å². The summed E-state index contributed by atoms with van der Waals surface area (Å²) in [6.07, 6.45) is 0.0312. The fraction of sp³-hybridized carbons (Fsp3) is 0.944. The number of hydrogen-bond donors (Lipinski definition) is 1. The maximum atomic E-state index is 10.3. The number of aliphatic carboxylic acids is 1. The van der Waals surface area contributed by atoms with Crippen molar-refractivity contribution in [3.8, 4) is 0 Å². The minimum absolute atomic E-state index is 0.0312. The molecule has 0 aromatic carbocycles. The summed E-state index contributed by atoms with van der Waals surface area (Å²) in [5.41, 5.74) is 0. The van der Waals surface area contributed by atoms with Crippen LogP contribution in [0, 0.1) is 0 Å². The molecule has 0 heterocycles. The number of methoxy groups -OCH3 is 1. The topological polar surface area (TPSA) is 89.9 Å². The number of carboxylic acids is 1. The molecule has 0 spiro atoms. The average molecular weight is 395 g/mol. The molecule has 0 fully saturated rings. The Kier molecular flexibility index (Phi) is 19.3. The summed E-state index contributed by atoms with van der Waals surface area (Å²) in [4.78, 5) is 14.8. The van der Waals surface area contributed by atoms with Gasteiger partial charge < -0.3 is 38.6 Å². The van der Waals surface area contributed by atoms with E-state index < -0.39 is 5.97 Å². The number of carbonyl (C=O) groups is 1. The zero-order valence-corrected chi connectivity index (χ0v) is 17.2. The quantitative estimate of drug-likeness (QED) is 0.271. The maximum absolute atomic E-state index is 10.3. The Morgan fingerprint density at radius 2 is 1.07 bits per heavy atom. The first-order chi connectivity index (χ1) is 13.1. The Bertz CT molecular complexity index is 335. The van der Waals surface area contributed by atoms with E-state index in [1.54, 1.807) is 7.11 Å². The monoisotopic (exact) mass is 394 g/mol. The molecule has 0 aromatic heterocycles. The van der Waals surface area contributed by atoms with Gasteiger partial charge in [0.25, 0.3) is 0 Å². The summed E-state index contributed by atoms with van der Waals surface area (Å²) in [6, 6.07) is 0. The Morgan fingerprint density at radius 1 is 0.667 bits per heavy atom. The van der Waals surface area contributed by atoms with Crippen LogP contribution in [0.3, 0.4) is 0 Å². The predicted molar refractivity (Wildman–Crippen MR) is 102 cm³/mol. The van der Waals surface area contributed by atoms with Crippen LogP contribution in [0.5, 0.6) is 0 Å². The predicted octanol–water partition coefficient (Wildman–Crippen LogP) is 0.0375. The van der Waals surface area contributed by atoms with E-state index in [1.165, 1.54) is 0 Å². The van der Waals surface area contributed by atoms with E-state index in [1.807, 2.05) is 0 Å². The van der Waals surface area contributed by atoms with E-state index in [0.717, 1.165) is 26.2 Å². The lowest BCUT2D eigenvalue weighted by Crippen LogP contribution is -2.34. The van der Waals surface area contributed by atoms with Gasteiger partial charge in [0.1, 0.15) is 0 Å². The molecule has 0 aliphatic rings. The lowest BCUT2D eigenvalue weighted by atomic mass is 10.4. The highest BCUT2D eigenvalue weighted by molar-refractivity contribution is 5.66. The zero-order chi connectivity index (χ0) is 20.2. The van der Waals surface area contributed by atoms with Crippen LogP contribution in [0.15, 0.2) is 0 Å². The molecule has 0 radical (unpaired) electrons. The van der Waals surface area contributed by atoms with Gasteiger partial charge in [0.15, 0.2) is 0 Å². The highest BCUT2D eigenvalue weighted by atomic mass is 16.5. The molecule has 27 heavy (non-hydrogen) atoms. The van der Waals surface area contributed by atoms with Gasteiger partial charge in [0.2, 0.25) is 0 Å². The fourth-order valence-electron chi connectivity index (χ4n) is 1.95. The first-order valence-corrected chi connectivity index (χ1v) is 9.45. The standard InChI is InChI=1S/C18H38N2O7/c1-19(7-10-25-15-14-24-9-4-18(21)22)5-6-20(2)8-11-26-16-17-27-13-12-23-3/h4-17H2,1-3H3,(H,21,22). The van der Waals surface area contributed by atoms with Crippen LogP contribution < -0.4 is 0 Å². The number of rotatable bonds is 21. The summed E-state index contributed by atoms with van der Waals surface area (Å²) in [6.45, 7) is 8.54. The smallest absolute Gasteiger partial charge is 0.305 e. The molecular formula is C18H38N2O7. The van der Waals surface area contributed by atoms with Crippen LogP contribution >= 0.6 is 0 Å². The van der Waals surface area contributed by atoms with E-state index in [4.69, 9.17) is 28.8 Å². The first kappa shape index (κ1) is 26.2. The largest absolute Gasteiger partial charge is 0.481 e. The summed E-state index contributed by atoms with van der Waals surface area (Å²) in [7, 11) is 5.80. The average Bonchev–Trinajstić information content (AvgIpc) is 2.64. The highest BCUT2D eigenvalue weighted by Gasteiger charge is 2.03. The van der Waals surface area contributed by atoms with E-state index >= 15 is 0 Å². The van der Waals surface area contributed by atoms with Crippen molar-refractivity contribution < 1.29 is 33.6 Å². The summed E-state index contributed by atoms with van der Waals surface area (Å²) in [5, 5.41) is 8.48. The van der Waals surface area contributed by atoms with Gasteiger partial charge >= 0.3 is 5.97 Å². The molecule has 0 bridgehead atoms. The van der Waals surface area contributed by atoms with Gasteiger partial charge in [-0.3, -0.25) is 4.79 Å². The second kappa shape index (κ2) is 19.9. The van der Waals surface area contributed by atoms with Crippen LogP contribution in [0.2, 0.25) is 0 Å². The fourth-order valence-corrected chi connectivity index (χ4v) is 1.95. The SMILES string of the molecule is COCCOCCOCCN(C)CCN(C)CCOCCOCCC(=O)O. The lowest BCUT2D eigenvalue weighted by molar-refractivity contribution is -0.138. The van der Waals surface area contributed by atoms with Crippen molar-refractivity contribution >= 4 is 5.97 Å². The lowest BCUT2D eigenvalue weighted by Gasteiger charge is -2.22. The zero-order valence-electron chi connectivity index (χ0n) is 17.2. The van der Waals surface area contributed by atoms with Crippen LogP contribution in [0.1, 0.15) is 6.42 Å². The van der Waals surface area contributed by atoms with Crippen LogP contribution in [0.4, 0.5) is 0 Å². The Hall–Kier alpha value is -0.810. The number of nitrogens with zero attached hydrogens (tertiary/aromatic N) is 2. The van der Waals surface area contributed by atoms with Gasteiger partial charge in [-0.1, -0.05) is 0 Å². The molecule has 0 atom stereocenters. The Morgan fingerprint density at radius 3 is 1.52 bits per heavy atom. The van der Waals surface area contributed by atoms with Gasteiger partial charge in [-0.15, -0.1) is 0 Å². The van der Waals surface area contributed by atoms with Crippen molar-refractivity contribution in [3.05, 3.63) is 0 Å². The molecule has 0 aliphatic carbocycles. The third-order valence-corrected chi connectivity index (χ3v) is 3.73. The minimum atomic E-state index is -0.846. The number of hydrogen-bond acceptors (Lipinski definition) is 8. The minimum Gasteiger partial charge on any atom is -0.481 e. The third-order valence-electron chi connectivity index (χ3n) is 3.73. The van der Waals surface area contributed by atoms with Crippen molar-refractivity contribution in [1.82, 2.24) is 9.80 Å². The molecule has 0 aliphatic heterocycles. The molecule has 0 saturated heterocycles. The molecule has 9 heteroatoms. The Balaban J connectivity index is 3.33. The van der Waals surface area contributed by atoms with Crippen molar-refractivity contribution in [2.24, 2.45) is 0 Å². The van der Waals surface area contributed by atoms with Gasteiger partial charge in [-0.2, -0.15) is 0 Å². The summed E-state index contributed by atoms with van der Waals surface area (Å²) < 4.78 is 26.4. The second-order valence-electron chi connectivity index (χ2n) is 6.19. The van der Waals surface area contributed by atoms with Crippen LogP contribution in [-0.2, 0) is 28.5 Å². The van der Waals surface area contributed by atoms with Gasteiger partial charge in [-0.05, 0) is 14.1 Å². The molecule has 1 N–H and O–H groups in total. The van der Waals surface area contributed by atoms with E-state index in [0.29, 0.717) is 52.9 Å². The van der Waals surface area contributed by atoms with Crippen molar-refractivity contribution in [3.63, 3.8) is 0 Å². The Labute approximate surface area is 163 Å². The molecule has 0 aromatic rings. The molecule has 0 amide bonds. The van der Waals surface area contributed by atoms with Crippen molar-refractivity contribution in [2.45, 2.75) is 6.42 Å². The molecular weight excluding hydrogens is 356 g/mol. The van der Waals surface area contributed by atoms with Crippen molar-refractivity contribution in [1.29, 1.82) is 0 Å². The number of ether oxygens (including phenoxy) is 5.